The summed E-state index contributed by atoms with van der Waals surface area (Å²) in [5, 5.41) is 3.09. The Labute approximate surface area is 126 Å². The number of carbonyl (C=O) groups is 1. The van der Waals surface area contributed by atoms with E-state index in [4.69, 9.17) is 4.74 Å². The van der Waals surface area contributed by atoms with Gasteiger partial charge in [0.05, 0.1) is 18.3 Å². The highest BCUT2D eigenvalue weighted by Gasteiger charge is 2.20. The molecule has 0 spiro atoms. The number of nitrogens with zero attached hydrogens (tertiary/aromatic N) is 2. The minimum Gasteiger partial charge on any atom is -0.444 e. The van der Waals surface area contributed by atoms with Gasteiger partial charge in [-0.2, -0.15) is 0 Å². The number of amides is 1. The summed E-state index contributed by atoms with van der Waals surface area (Å²) in [6.07, 6.45) is 1.37. The van der Waals surface area contributed by atoms with Crippen LogP contribution in [0.15, 0.2) is 10.9 Å². The van der Waals surface area contributed by atoms with E-state index in [0.29, 0.717) is 12.2 Å². The second-order valence-corrected chi connectivity index (χ2v) is 6.30. The number of aromatic amines is 1. The number of carbonyl (C=O) groups excluding carboxylic acids is 1. The Morgan fingerprint density at radius 1 is 1.38 bits per heavy atom. The zero-order valence-electron chi connectivity index (χ0n) is 13.9. The molecule has 1 amide bonds. The Morgan fingerprint density at radius 3 is 2.43 bits per heavy atom. The van der Waals surface area contributed by atoms with Crippen molar-refractivity contribution in [3.8, 4) is 0 Å². The summed E-state index contributed by atoms with van der Waals surface area (Å²) in [5.74, 6) is 0. The van der Waals surface area contributed by atoms with Gasteiger partial charge in [0.1, 0.15) is 5.60 Å². The molecule has 1 heterocycles. The van der Waals surface area contributed by atoms with E-state index in [1.807, 2.05) is 34.6 Å². The predicted octanol–water partition coefficient (Wildman–Crippen LogP) is 2.90. The van der Waals surface area contributed by atoms with Gasteiger partial charge >= 0.3 is 6.09 Å². The number of nitrogens with one attached hydrogen (secondary N) is 1. The highest BCUT2D eigenvalue weighted by Crippen LogP contribution is 2.13. The Balaban J connectivity index is 2.78. The molecule has 1 N–H and O–H groups in total. The van der Waals surface area contributed by atoms with Crippen LogP contribution in [-0.4, -0.2) is 33.4 Å². The number of H-pyrrole nitrogens is 1. The molecular formula is C15H27N3O3. The number of hydrogen-bond acceptors (Lipinski definition) is 3. The third-order valence-electron chi connectivity index (χ3n) is 3.22. The second-order valence-electron chi connectivity index (χ2n) is 6.30. The molecule has 1 aromatic rings. The van der Waals surface area contributed by atoms with Crippen molar-refractivity contribution in [3.05, 3.63) is 22.1 Å². The number of hydrogen-bond donors (Lipinski definition) is 1. The highest BCUT2D eigenvalue weighted by molar-refractivity contribution is 5.67. The van der Waals surface area contributed by atoms with Gasteiger partial charge in [-0.25, -0.2) is 9.48 Å². The van der Waals surface area contributed by atoms with Crippen molar-refractivity contribution < 1.29 is 9.53 Å². The predicted molar refractivity (Wildman–Crippen MR) is 82.4 cm³/mol. The lowest BCUT2D eigenvalue weighted by molar-refractivity contribution is 0.0282. The van der Waals surface area contributed by atoms with E-state index in [1.54, 1.807) is 17.8 Å². The zero-order chi connectivity index (χ0) is 16.2. The molecule has 0 saturated carbocycles. The summed E-state index contributed by atoms with van der Waals surface area (Å²) in [6, 6.07) is 1.71. The molecule has 0 atom stereocenters. The van der Waals surface area contributed by atoms with Crippen molar-refractivity contribution >= 4 is 6.09 Å². The lowest BCUT2D eigenvalue weighted by atomic mass is 10.2. The maximum absolute atomic E-state index is 12.0. The fraction of sp³-hybridized carbons (Fsp3) is 0.733. The fourth-order valence-corrected chi connectivity index (χ4v) is 2.13. The van der Waals surface area contributed by atoms with E-state index in [0.717, 1.165) is 12.8 Å². The standard InChI is InChI=1S/C15H27N3O3/c1-7-12(8-2)18-13(19)9-11(16-18)10-17(6)14(20)21-15(3,4)5/h9,12,16H,7-8,10H2,1-6H3. The SMILES string of the molecule is CCC(CC)n1[nH]c(CN(C)C(=O)OC(C)(C)C)cc1=O. The smallest absolute Gasteiger partial charge is 0.410 e. The molecule has 0 unspecified atom stereocenters. The van der Waals surface area contributed by atoms with Crippen molar-refractivity contribution in [2.45, 2.75) is 65.6 Å². The van der Waals surface area contributed by atoms with Crippen LogP contribution in [0.2, 0.25) is 0 Å². The minimum atomic E-state index is -0.528. The molecule has 1 rings (SSSR count). The minimum absolute atomic E-state index is 0.0590. The van der Waals surface area contributed by atoms with Gasteiger partial charge < -0.3 is 9.64 Å². The first-order chi connectivity index (χ1) is 9.67. The maximum atomic E-state index is 12.0. The summed E-state index contributed by atoms with van der Waals surface area (Å²) in [4.78, 5) is 25.3. The van der Waals surface area contributed by atoms with E-state index in [9.17, 15) is 9.59 Å². The average Bonchev–Trinajstić information content (AvgIpc) is 2.70. The van der Waals surface area contributed by atoms with E-state index in [-0.39, 0.29) is 11.6 Å². The fourth-order valence-electron chi connectivity index (χ4n) is 2.13. The van der Waals surface area contributed by atoms with Crippen LogP contribution >= 0.6 is 0 Å². The highest BCUT2D eigenvalue weighted by atomic mass is 16.6. The Kier molecular flexibility index (Phi) is 5.63. The van der Waals surface area contributed by atoms with Crippen LogP contribution in [0.4, 0.5) is 4.79 Å². The first kappa shape index (κ1) is 17.3. The third kappa shape index (κ3) is 4.95. The van der Waals surface area contributed by atoms with Crippen molar-refractivity contribution in [2.24, 2.45) is 0 Å². The molecule has 0 bridgehead atoms. The first-order valence-corrected chi connectivity index (χ1v) is 7.42. The van der Waals surface area contributed by atoms with E-state index in [1.165, 1.54) is 4.90 Å². The third-order valence-corrected chi connectivity index (χ3v) is 3.22. The van der Waals surface area contributed by atoms with Crippen LogP contribution in [0.25, 0.3) is 0 Å². The second kappa shape index (κ2) is 6.83. The van der Waals surface area contributed by atoms with Crippen LogP contribution in [0.3, 0.4) is 0 Å². The first-order valence-electron chi connectivity index (χ1n) is 7.42. The molecule has 1 aromatic heterocycles. The summed E-state index contributed by atoms with van der Waals surface area (Å²) in [6.45, 7) is 9.89. The number of aromatic nitrogens is 2. The van der Waals surface area contributed by atoms with E-state index >= 15 is 0 Å². The molecule has 0 aliphatic rings. The topological polar surface area (TPSA) is 67.3 Å². The number of rotatable bonds is 5. The van der Waals surface area contributed by atoms with Crippen LogP contribution in [0.1, 0.15) is 59.2 Å². The van der Waals surface area contributed by atoms with Gasteiger partial charge in [-0.1, -0.05) is 13.8 Å². The molecule has 21 heavy (non-hydrogen) atoms. The summed E-state index contributed by atoms with van der Waals surface area (Å²) in [5.41, 5.74) is 0.122. The van der Waals surface area contributed by atoms with Crippen LogP contribution in [0, 0.1) is 0 Å². The molecule has 6 heteroatoms. The van der Waals surface area contributed by atoms with Crippen molar-refractivity contribution in [1.29, 1.82) is 0 Å². The summed E-state index contributed by atoms with van der Waals surface area (Å²) < 4.78 is 6.92. The molecule has 0 radical (unpaired) electrons. The van der Waals surface area contributed by atoms with E-state index < -0.39 is 11.7 Å². The molecule has 6 nitrogen and oxygen atoms in total. The van der Waals surface area contributed by atoms with Crippen molar-refractivity contribution in [3.63, 3.8) is 0 Å². The van der Waals surface area contributed by atoms with Gasteiger partial charge in [0.15, 0.2) is 0 Å². The van der Waals surface area contributed by atoms with E-state index in [2.05, 4.69) is 5.10 Å². The van der Waals surface area contributed by atoms with Crippen molar-refractivity contribution in [1.82, 2.24) is 14.7 Å². The Hall–Kier alpha value is -1.72. The maximum Gasteiger partial charge on any atom is 0.410 e. The number of ether oxygens (including phenoxy) is 1. The molecule has 0 saturated heterocycles. The molecule has 0 fully saturated rings. The van der Waals surface area contributed by atoms with Gasteiger partial charge in [0.2, 0.25) is 0 Å². The Morgan fingerprint density at radius 2 is 1.95 bits per heavy atom. The van der Waals surface area contributed by atoms with Gasteiger partial charge in [0.25, 0.3) is 5.56 Å². The van der Waals surface area contributed by atoms with Gasteiger partial charge in [0, 0.05) is 13.1 Å². The lowest BCUT2D eigenvalue weighted by Gasteiger charge is -2.24. The summed E-state index contributed by atoms with van der Waals surface area (Å²) >= 11 is 0. The summed E-state index contributed by atoms with van der Waals surface area (Å²) in [7, 11) is 1.65. The monoisotopic (exact) mass is 297 g/mol. The molecule has 120 valence electrons. The van der Waals surface area contributed by atoms with Crippen LogP contribution in [0.5, 0.6) is 0 Å². The molecule has 0 aromatic carbocycles. The lowest BCUT2D eigenvalue weighted by Crippen LogP contribution is -2.33. The van der Waals surface area contributed by atoms with Gasteiger partial charge in [-0.3, -0.25) is 9.89 Å². The quantitative estimate of drug-likeness (QED) is 0.908. The normalized spacial score (nSPS) is 11.8. The molecule has 0 aliphatic carbocycles. The van der Waals surface area contributed by atoms with Crippen LogP contribution in [-0.2, 0) is 11.3 Å². The Bertz CT molecular complexity index is 521. The average molecular weight is 297 g/mol. The molecule has 0 aliphatic heterocycles. The van der Waals surface area contributed by atoms with Crippen molar-refractivity contribution in [2.75, 3.05) is 7.05 Å². The zero-order valence-corrected chi connectivity index (χ0v) is 13.9. The van der Waals surface area contributed by atoms with Crippen LogP contribution < -0.4 is 5.56 Å². The largest absolute Gasteiger partial charge is 0.444 e. The van der Waals surface area contributed by atoms with Gasteiger partial charge in [-0.05, 0) is 33.6 Å². The van der Waals surface area contributed by atoms with Gasteiger partial charge in [-0.15, -0.1) is 0 Å². The molecular weight excluding hydrogens is 270 g/mol.